The van der Waals surface area contributed by atoms with Crippen molar-refractivity contribution in [2.75, 3.05) is 5.32 Å². The first-order chi connectivity index (χ1) is 10.7. The number of amides is 2. The van der Waals surface area contributed by atoms with Gasteiger partial charge in [0.25, 0.3) is 11.8 Å². The molecular formula is C16H12N2O3S. The minimum absolute atomic E-state index is 0.213. The Labute approximate surface area is 130 Å². The molecule has 3 rings (SSSR count). The van der Waals surface area contributed by atoms with Gasteiger partial charge in [0.1, 0.15) is 0 Å². The van der Waals surface area contributed by atoms with Crippen LogP contribution in [0.15, 0.2) is 54.6 Å². The van der Waals surface area contributed by atoms with Gasteiger partial charge in [-0.15, -0.1) is 11.3 Å². The maximum atomic E-state index is 12.2. The summed E-state index contributed by atoms with van der Waals surface area (Å²) in [6.45, 7) is 0. The third-order valence-corrected chi connectivity index (χ3v) is 4.24. The fourth-order valence-corrected chi connectivity index (χ4v) is 3.06. The number of hydrogen-bond donors (Lipinski definition) is 3. The molecule has 0 fully saturated rings. The molecule has 0 spiro atoms. The largest absolute Gasteiger partial charge is 0.322 e. The molecule has 3 N–H and O–H groups in total. The lowest BCUT2D eigenvalue weighted by Gasteiger charge is -2.04. The van der Waals surface area contributed by atoms with Crippen LogP contribution in [0.3, 0.4) is 0 Å². The molecular weight excluding hydrogens is 300 g/mol. The molecule has 2 amide bonds. The minimum Gasteiger partial charge on any atom is -0.322 e. The Morgan fingerprint density at radius 3 is 2.45 bits per heavy atom. The second kappa shape index (κ2) is 5.97. The molecule has 0 unspecified atom stereocenters. The Morgan fingerprint density at radius 1 is 0.955 bits per heavy atom. The van der Waals surface area contributed by atoms with Crippen molar-refractivity contribution in [3.8, 4) is 0 Å². The van der Waals surface area contributed by atoms with Crippen LogP contribution >= 0.6 is 11.3 Å². The van der Waals surface area contributed by atoms with Gasteiger partial charge in [-0.3, -0.25) is 14.8 Å². The Morgan fingerprint density at radius 2 is 1.73 bits per heavy atom. The molecule has 2 aromatic carbocycles. The Hall–Kier alpha value is -2.70. The van der Waals surface area contributed by atoms with Gasteiger partial charge < -0.3 is 5.32 Å². The van der Waals surface area contributed by atoms with Crippen LogP contribution in [0.25, 0.3) is 10.1 Å². The molecule has 0 aliphatic carbocycles. The highest BCUT2D eigenvalue weighted by Crippen LogP contribution is 2.27. The zero-order chi connectivity index (χ0) is 15.5. The highest BCUT2D eigenvalue weighted by atomic mass is 32.1. The predicted molar refractivity (Wildman–Crippen MR) is 85.5 cm³/mol. The number of thiophene rings is 1. The average molecular weight is 312 g/mol. The number of hydroxylamine groups is 1. The molecule has 6 heteroatoms. The monoisotopic (exact) mass is 312 g/mol. The van der Waals surface area contributed by atoms with Gasteiger partial charge >= 0.3 is 0 Å². The van der Waals surface area contributed by atoms with Gasteiger partial charge in [-0.05, 0) is 35.7 Å². The van der Waals surface area contributed by atoms with Crippen LogP contribution in [0.4, 0.5) is 5.69 Å². The van der Waals surface area contributed by atoms with Crippen LogP contribution in [0, 0.1) is 0 Å². The van der Waals surface area contributed by atoms with Gasteiger partial charge in [0, 0.05) is 16.0 Å². The topological polar surface area (TPSA) is 78.4 Å². The van der Waals surface area contributed by atoms with Crippen molar-refractivity contribution in [2.24, 2.45) is 0 Å². The summed E-state index contributed by atoms with van der Waals surface area (Å²) in [7, 11) is 0. The van der Waals surface area contributed by atoms with Crippen LogP contribution in [0.1, 0.15) is 20.0 Å². The first-order valence-corrected chi connectivity index (χ1v) is 7.33. The second-order valence-corrected chi connectivity index (χ2v) is 5.71. The fourth-order valence-electron chi connectivity index (χ4n) is 2.06. The third kappa shape index (κ3) is 2.83. The molecule has 3 aromatic rings. The fraction of sp³-hybridized carbons (Fsp3) is 0. The number of hydrogen-bond acceptors (Lipinski definition) is 4. The van der Waals surface area contributed by atoms with Crippen molar-refractivity contribution in [1.29, 1.82) is 0 Å². The minimum atomic E-state index is -0.559. The molecule has 110 valence electrons. The van der Waals surface area contributed by atoms with E-state index in [-0.39, 0.29) is 5.91 Å². The lowest BCUT2D eigenvalue weighted by atomic mass is 10.1. The number of nitrogens with one attached hydrogen (secondary N) is 2. The summed E-state index contributed by atoms with van der Waals surface area (Å²) in [5.74, 6) is -0.772. The first kappa shape index (κ1) is 14.2. The van der Waals surface area contributed by atoms with Crippen molar-refractivity contribution >= 4 is 38.9 Å². The van der Waals surface area contributed by atoms with Crippen molar-refractivity contribution in [3.63, 3.8) is 0 Å². The molecule has 0 saturated heterocycles. The molecule has 0 aliphatic rings. The zero-order valence-electron chi connectivity index (χ0n) is 11.4. The quantitative estimate of drug-likeness (QED) is 0.513. The number of carbonyl (C=O) groups excluding carboxylic acids is 2. The molecule has 0 radical (unpaired) electrons. The van der Waals surface area contributed by atoms with E-state index in [1.54, 1.807) is 29.7 Å². The van der Waals surface area contributed by atoms with E-state index in [0.29, 0.717) is 10.4 Å². The van der Waals surface area contributed by atoms with Gasteiger partial charge in [-0.1, -0.05) is 24.3 Å². The standard InChI is InChI=1S/C16H12N2O3S/c19-15(17-12-4-2-1-3-5-12)11-7-6-10-8-14(16(20)18-21)22-13(10)9-11/h1-9,21H,(H,17,19)(H,18,20). The molecule has 0 bridgehead atoms. The van der Waals surface area contributed by atoms with Gasteiger partial charge in [0.2, 0.25) is 0 Å². The Kier molecular flexibility index (Phi) is 3.86. The molecule has 0 saturated carbocycles. The number of anilines is 1. The smallest absolute Gasteiger partial charge is 0.284 e. The molecule has 1 heterocycles. The van der Waals surface area contributed by atoms with E-state index in [4.69, 9.17) is 5.21 Å². The van der Waals surface area contributed by atoms with Crippen molar-refractivity contribution in [3.05, 3.63) is 65.0 Å². The van der Waals surface area contributed by atoms with Gasteiger partial charge in [-0.2, -0.15) is 0 Å². The van der Waals surface area contributed by atoms with Crippen molar-refractivity contribution < 1.29 is 14.8 Å². The molecule has 0 aliphatic heterocycles. The maximum absolute atomic E-state index is 12.2. The lowest BCUT2D eigenvalue weighted by Crippen LogP contribution is -2.16. The summed E-state index contributed by atoms with van der Waals surface area (Å²) >= 11 is 1.22. The maximum Gasteiger partial charge on any atom is 0.284 e. The normalized spacial score (nSPS) is 10.4. The van der Waals surface area contributed by atoms with E-state index in [0.717, 1.165) is 15.8 Å². The van der Waals surface area contributed by atoms with Gasteiger partial charge in [0.15, 0.2) is 0 Å². The lowest BCUT2D eigenvalue weighted by molar-refractivity contribution is 0.0711. The highest BCUT2D eigenvalue weighted by Gasteiger charge is 2.12. The first-order valence-electron chi connectivity index (χ1n) is 6.52. The average Bonchev–Trinajstić information content (AvgIpc) is 2.98. The predicted octanol–water partition coefficient (Wildman–Crippen LogP) is 3.27. The number of rotatable bonds is 3. The molecule has 5 nitrogen and oxygen atoms in total. The molecule has 22 heavy (non-hydrogen) atoms. The Balaban J connectivity index is 1.88. The summed E-state index contributed by atoms with van der Waals surface area (Å²) < 4.78 is 0.805. The third-order valence-electron chi connectivity index (χ3n) is 3.14. The van der Waals surface area contributed by atoms with Gasteiger partial charge in [0.05, 0.1) is 4.88 Å². The number of carbonyl (C=O) groups is 2. The number of para-hydroxylation sites is 1. The van der Waals surface area contributed by atoms with Crippen LogP contribution in [-0.2, 0) is 0 Å². The van der Waals surface area contributed by atoms with E-state index in [1.165, 1.54) is 11.3 Å². The van der Waals surface area contributed by atoms with Crippen molar-refractivity contribution in [2.45, 2.75) is 0 Å². The summed E-state index contributed by atoms with van der Waals surface area (Å²) in [4.78, 5) is 24.0. The number of fused-ring (bicyclic) bond motifs is 1. The van der Waals surface area contributed by atoms with Gasteiger partial charge in [-0.25, -0.2) is 5.48 Å². The van der Waals surface area contributed by atoms with Crippen molar-refractivity contribution in [1.82, 2.24) is 5.48 Å². The van der Waals surface area contributed by atoms with Crippen LogP contribution in [0.5, 0.6) is 0 Å². The van der Waals surface area contributed by atoms with E-state index in [9.17, 15) is 9.59 Å². The summed E-state index contributed by atoms with van der Waals surface area (Å²) in [6, 6.07) is 16.1. The van der Waals surface area contributed by atoms with Crippen LogP contribution in [0.2, 0.25) is 0 Å². The molecule has 1 aromatic heterocycles. The summed E-state index contributed by atoms with van der Waals surface area (Å²) in [5.41, 5.74) is 2.83. The number of benzene rings is 2. The van der Waals surface area contributed by atoms with E-state index in [2.05, 4.69) is 5.32 Å². The zero-order valence-corrected chi connectivity index (χ0v) is 12.2. The van der Waals surface area contributed by atoms with E-state index in [1.807, 2.05) is 30.3 Å². The molecule has 0 atom stereocenters. The van der Waals surface area contributed by atoms with E-state index >= 15 is 0 Å². The highest BCUT2D eigenvalue weighted by molar-refractivity contribution is 7.20. The SMILES string of the molecule is O=C(Nc1ccccc1)c1ccc2cc(C(=O)NO)sc2c1. The van der Waals surface area contributed by atoms with E-state index < -0.39 is 5.91 Å². The second-order valence-electron chi connectivity index (χ2n) is 4.62. The Bertz CT molecular complexity index is 843. The summed E-state index contributed by atoms with van der Waals surface area (Å²) in [5, 5.41) is 12.3. The van der Waals surface area contributed by atoms with Crippen LogP contribution < -0.4 is 10.8 Å². The van der Waals surface area contributed by atoms with Crippen LogP contribution in [-0.4, -0.2) is 17.0 Å². The summed E-state index contributed by atoms with van der Waals surface area (Å²) in [6.07, 6.45) is 0.